The van der Waals surface area contributed by atoms with Gasteiger partial charge < -0.3 is 15.0 Å². The number of likely N-dealkylation sites (N-methyl/N-ethyl adjacent to an activating group) is 1. The molecule has 0 aliphatic heterocycles. The van der Waals surface area contributed by atoms with Gasteiger partial charge >= 0.3 is 6.18 Å². The molecule has 1 N–H and O–H groups in total. The van der Waals surface area contributed by atoms with Crippen LogP contribution in [0.2, 0.25) is 0 Å². The Bertz CT molecular complexity index is 588. The molecule has 0 spiro atoms. The van der Waals surface area contributed by atoms with E-state index in [2.05, 4.69) is 10.3 Å². The molecule has 1 atom stereocenters. The Morgan fingerprint density at radius 1 is 1.42 bits per heavy atom. The van der Waals surface area contributed by atoms with Crippen LogP contribution in [-0.4, -0.2) is 54.8 Å². The molecule has 1 saturated carbocycles. The zero-order valence-electron chi connectivity index (χ0n) is 14.0. The second-order valence-corrected chi connectivity index (χ2v) is 6.46. The SMILES string of the molecule is CN(C)CCOc1cc(C(=O)NC(C)(C2CC2)C(F)(F)F)ccn1. The quantitative estimate of drug-likeness (QED) is 0.825. The smallest absolute Gasteiger partial charge is 0.411 e. The van der Waals surface area contributed by atoms with E-state index in [1.165, 1.54) is 18.3 Å². The third-order valence-electron chi connectivity index (χ3n) is 4.14. The molecule has 0 radical (unpaired) electrons. The number of halogens is 3. The lowest BCUT2D eigenvalue weighted by Gasteiger charge is -2.33. The van der Waals surface area contributed by atoms with E-state index in [0.717, 1.165) is 6.92 Å². The number of alkyl halides is 3. The monoisotopic (exact) mass is 345 g/mol. The lowest BCUT2D eigenvalue weighted by Crippen LogP contribution is -2.58. The van der Waals surface area contributed by atoms with E-state index < -0.39 is 23.5 Å². The maximum atomic E-state index is 13.3. The number of nitrogens with zero attached hydrogens (tertiary/aromatic N) is 2. The van der Waals surface area contributed by atoms with Gasteiger partial charge in [0.25, 0.3) is 5.91 Å². The lowest BCUT2D eigenvalue weighted by molar-refractivity contribution is -0.194. The third kappa shape index (κ3) is 4.37. The third-order valence-corrected chi connectivity index (χ3v) is 4.14. The number of rotatable bonds is 7. The van der Waals surface area contributed by atoms with Crippen LogP contribution in [0.4, 0.5) is 13.2 Å². The number of amides is 1. The summed E-state index contributed by atoms with van der Waals surface area (Å²) in [5.74, 6) is -1.13. The van der Waals surface area contributed by atoms with Crippen molar-refractivity contribution in [2.24, 2.45) is 5.92 Å². The first-order valence-corrected chi connectivity index (χ1v) is 7.76. The molecule has 1 fully saturated rings. The molecule has 2 rings (SSSR count). The average molecular weight is 345 g/mol. The molecule has 5 nitrogen and oxygen atoms in total. The van der Waals surface area contributed by atoms with E-state index in [0.29, 0.717) is 26.0 Å². The van der Waals surface area contributed by atoms with Gasteiger partial charge in [0.05, 0.1) is 0 Å². The largest absolute Gasteiger partial charge is 0.476 e. The van der Waals surface area contributed by atoms with Crippen LogP contribution in [0, 0.1) is 5.92 Å². The predicted molar refractivity (Wildman–Crippen MR) is 82.9 cm³/mol. The van der Waals surface area contributed by atoms with Crippen LogP contribution in [-0.2, 0) is 0 Å². The lowest BCUT2D eigenvalue weighted by atomic mass is 9.94. The number of hydrogen-bond acceptors (Lipinski definition) is 4. The highest BCUT2D eigenvalue weighted by Gasteiger charge is 2.60. The molecular formula is C16H22F3N3O2. The van der Waals surface area contributed by atoms with Crippen molar-refractivity contribution in [3.63, 3.8) is 0 Å². The molecule has 24 heavy (non-hydrogen) atoms. The number of hydrogen-bond donors (Lipinski definition) is 1. The van der Waals surface area contributed by atoms with Gasteiger partial charge in [-0.2, -0.15) is 13.2 Å². The van der Waals surface area contributed by atoms with E-state index in [1.54, 1.807) is 0 Å². The first kappa shape index (κ1) is 18.5. The zero-order valence-corrected chi connectivity index (χ0v) is 14.0. The Morgan fingerprint density at radius 3 is 2.62 bits per heavy atom. The fourth-order valence-electron chi connectivity index (χ4n) is 2.34. The van der Waals surface area contributed by atoms with E-state index >= 15 is 0 Å². The molecule has 134 valence electrons. The highest BCUT2D eigenvalue weighted by molar-refractivity contribution is 5.95. The summed E-state index contributed by atoms with van der Waals surface area (Å²) >= 11 is 0. The zero-order chi connectivity index (χ0) is 18.0. The predicted octanol–water partition coefficient (Wildman–Crippen LogP) is 2.48. The van der Waals surface area contributed by atoms with Crippen LogP contribution >= 0.6 is 0 Å². The minimum absolute atomic E-state index is 0.0981. The molecule has 1 aliphatic rings. The molecule has 1 heterocycles. The van der Waals surface area contributed by atoms with Gasteiger partial charge in [-0.15, -0.1) is 0 Å². The van der Waals surface area contributed by atoms with Gasteiger partial charge in [-0.1, -0.05) is 0 Å². The first-order valence-electron chi connectivity index (χ1n) is 7.76. The summed E-state index contributed by atoms with van der Waals surface area (Å²) in [6.45, 7) is 2.07. The Labute approximate surface area is 139 Å². The van der Waals surface area contributed by atoms with Gasteiger partial charge in [0, 0.05) is 24.4 Å². The second kappa shape index (κ2) is 6.96. The Hall–Kier alpha value is -1.83. The maximum Gasteiger partial charge on any atom is 0.411 e. The van der Waals surface area contributed by atoms with Crippen molar-refractivity contribution in [1.29, 1.82) is 0 Å². The number of nitrogens with one attached hydrogen (secondary N) is 1. The standard InChI is InChI=1S/C16H22F3N3O2/c1-15(12-4-5-12,16(17,18)19)21-14(23)11-6-7-20-13(10-11)24-9-8-22(2)3/h6-7,10,12H,4-5,8-9H2,1-3H3,(H,21,23). The number of pyridine rings is 1. The van der Waals surface area contributed by atoms with E-state index in [9.17, 15) is 18.0 Å². The van der Waals surface area contributed by atoms with Crippen molar-refractivity contribution in [3.8, 4) is 5.88 Å². The average Bonchev–Trinajstić information content (AvgIpc) is 3.30. The molecule has 1 aromatic rings. The Kier molecular flexibility index (Phi) is 5.37. The minimum atomic E-state index is -4.50. The Balaban J connectivity index is 2.06. The summed E-state index contributed by atoms with van der Waals surface area (Å²) in [7, 11) is 3.77. The van der Waals surface area contributed by atoms with Gasteiger partial charge in [0.2, 0.25) is 5.88 Å². The fraction of sp³-hybridized carbons (Fsp3) is 0.625. The normalized spacial score (nSPS) is 17.5. The van der Waals surface area contributed by atoms with Crippen LogP contribution in [0.25, 0.3) is 0 Å². The van der Waals surface area contributed by atoms with Crippen LogP contribution in [0.5, 0.6) is 5.88 Å². The summed E-state index contributed by atoms with van der Waals surface area (Å²) in [6.07, 6.45) is -2.22. The van der Waals surface area contributed by atoms with Crippen LogP contribution in [0.1, 0.15) is 30.1 Å². The highest BCUT2D eigenvalue weighted by Crippen LogP contribution is 2.48. The molecule has 1 aliphatic carbocycles. The topological polar surface area (TPSA) is 54.5 Å². The summed E-state index contributed by atoms with van der Waals surface area (Å²) in [5, 5.41) is 2.16. The van der Waals surface area contributed by atoms with Crippen molar-refractivity contribution in [1.82, 2.24) is 15.2 Å². The van der Waals surface area contributed by atoms with Gasteiger partial charge in [-0.25, -0.2) is 4.98 Å². The molecular weight excluding hydrogens is 323 g/mol. The molecule has 1 amide bonds. The summed E-state index contributed by atoms with van der Waals surface area (Å²) in [6, 6.07) is 2.73. The first-order chi connectivity index (χ1) is 11.1. The molecule has 0 aromatic carbocycles. The molecule has 1 unspecified atom stereocenters. The molecule has 8 heteroatoms. The molecule has 0 saturated heterocycles. The van der Waals surface area contributed by atoms with Gasteiger partial charge in [0.1, 0.15) is 12.1 Å². The minimum Gasteiger partial charge on any atom is -0.476 e. The van der Waals surface area contributed by atoms with Crippen molar-refractivity contribution in [2.75, 3.05) is 27.2 Å². The van der Waals surface area contributed by atoms with Gasteiger partial charge in [-0.05, 0) is 45.8 Å². The number of carbonyl (C=O) groups is 1. The molecule has 0 bridgehead atoms. The van der Waals surface area contributed by atoms with Crippen molar-refractivity contribution in [3.05, 3.63) is 23.9 Å². The van der Waals surface area contributed by atoms with Crippen molar-refractivity contribution >= 4 is 5.91 Å². The van der Waals surface area contributed by atoms with E-state index in [1.807, 2.05) is 19.0 Å². The van der Waals surface area contributed by atoms with Gasteiger partial charge in [-0.3, -0.25) is 4.79 Å². The maximum absolute atomic E-state index is 13.3. The van der Waals surface area contributed by atoms with Crippen LogP contribution < -0.4 is 10.1 Å². The summed E-state index contributed by atoms with van der Waals surface area (Å²) in [4.78, 5) is 18.2. The van der Waals surface area contributed by atoms with E-state index in [-0.39, 0.29) is 11.4 Å². The highest BCUT2D eigenvalue weighted by atomic mass is 19.4. The number of carbonyl (C=O) groups excluding carboxylic acids is 1. The van der Waals surface area contributed by atoms with E-state index in [4.69, 9.17) is 4.74 Å². The van der Waals surface area contributed by atoms with Crippen molar-refractivity contribution < 1.29 is 22.7 Å². The summed E-state index contributed by atoms with van der Waals surface area (Å²) < 4.78 is 45.4. The van der Waals surface area contributed by atoms with Crippen LogP contribution in [0.15, 0.2) is 18.3 Å². The van der Waals surface area contributed by atoms with Crippen LogP contribution in [0.3, 0.4) is 0 Å². The number of aromatic nitrogens is 1. The second-order valence-electron chi connectivity index (χ2n) is 6.46. The number of ether oxygens (including phenoxy) is 1. The Morgan fingerprint density at radius 2 is 2.08 bits per heavy atom. The molecule has 1 aromatic heterocycles. The van der Waals surface area contributed by atoms with Crippen molar-refractivity contribution in [2.45, 2.75) is 31.5 Å². The van der Waals surface area contributed by atoms with Gasteiger partial charge in [0.15, 0.2) is 0 Å². The fourth-order valence-corrected chi connectivity index (χ4v) is 2.34. The summed E-state index contributed by atoms with van der Waals surface area (Å²) in [5.41, 5.74) is -2.11.